The number of halogens is 3. The minimum absolute atomic E-state index is 0.250. The molecule has 90 valence electrons. The first-order chi connectivity index (χ1) is 7.01. The Morgan fingerprint density at radius 2 is 1.87 bits per heavy atom. The van der Waals surface area contributed by atoms with Crippen molar-refractivity contribution in [3.05, 3.63) is 0 Å². The summed E-state index contributed by atoms with van der Waals surface area (Å²) in [5, 5.41) is 0. The third kappa shape index (κ3) is 5.40. The maximum atomic E-state index is 12.0. The van der Waals surface area contributed by atoms with Crippen LogP contribution in [-0.4, -0.2) is 19.9 Å². The molecule has 0 saturated heterocycles. The van der Waals surface area contributed by atoms with Crippen molar-refractivity contribution in [2.45, 2.75) is 44.7 Å². The smallest absolute Gasteiger partial charge is 0.384 e. The third-order valence-electron chi connectivity index (χ3n) is 3.13. The molecular weight excluding hydrogens is 205 g/mol. The van der Waals surface area contributed by atoms with Gasteiger partial charge < -0.3 is 4.74 Å². The van der Waals surface area contributed by atoms with Crippen LogP contribution in [0, 0.1) is 11.8 Å². The number of hydrogen-bond donors (Lipinski definition) is 0. The molecule has 15 heavy (non-hydrogen) atoms. The van der Waals surface area contributed by atoms with Gasteiger partial charge in [0.2, 0.25) is 0 Å². The minimum Gasteiger partial charge on any atom is -0.384 e. The van der Waals surface area contributed by atoms with E-state index in [0.717, 1.165) is 25.7 Å². The highest BCUT2D eigenvalue weighted by atomic mass is 19.4. The zero-order valence-electron chi connectivity index (χ0n) is 9.15. The maximum Gasteiger partial charge on any atom is 0.389 e. The molecule has 1 nitrogen and oxygen atoms in total. The molecule has 0 aromatic rings. The Balaban J connectivity index is 2.24. The summed E-state index contributed by atoms with van der Waals surface area (Å²) >= 11 is 0. The minimum atomic E-state index is -3.99. The van der Waals surface area contributed by atoms with Crippen LogP contribution < -0.4 is 0 Å². The van der Waals surface area contributed by atoms with Crippen LogP contribution in [0.3, 0.4) is 0 Å². The zero-order chi connectivity index (χ0) is 11.3. The summed E-state index contributed by atoms with van der Waals surface area (Å²) in [5.74, 6) is 0.725. The fourth-order valence-electron chi connectivity index (χ4n) is 2.42. The summed E-state index contributed by atoms with van der Waals surface area (Å²) in [7, 11) is 1.65. The second-order valence-electron chi connectivity index (χ2n) is 4.51. The Labute approximate surface area is 89.0 Å². The van der Waals surface area contributed by atoms with E-state index in [2.05, 4.69) is 0 Å². The van der Waals surface area contributed by atoms with Crippen molar-refractivity contribution in [1.82, 2.24) is 0 Å². The van der Waals surface area contributed by atoms with E-state index in [1.54, 1.807) is 7.11 Å². The van der Waals surface area contributed by atoms with E-state index < -0.39 is 12.6 Å². The first kappa shape index (κ1) is 12.8. The fourth-order valence-corrected chi connectivity index (χ4v) is 2.42. The maximum absolute atomic E-state index is 12.0. The lowest BCUT2D eigenvalue weighted by molar-refractivity contribution is -0.138. The number of ether oxygens (including phenoxy) is 1. The molecule has 0 spiro atoms. The SMILES string of the molecule is COCC1CCCC(CCC(F)(F)F)C1. The monoisotopic (exact) mass is 224 g/mol. The molecule has 0 heterocycles. The number of hydrogen-bond acceptors (Lipinski definition) is 1. The van der Waals surface area contributed by atoms with Gasteiger partial charge in [0.05, 0.1) is 0 Å². The highest BCUT2D eigenvalue weighted by molar-refractivity contribution is 4.73. The van der Waals surface area contributed by atoms with Gasteiger partial charge >= 0.3 is 6.18 Å². The second-order valence-corrected chi connectivity index (χ2v) is 4.51. The van der Waals surface area contributed by atoms with Crippen LogP contribution in [-0.2, 0) is 4.74 Å². The molecule has 0 bridgehead atoms. The number of alkyl halides is 3. The van der Waals surface area contributed by atoms with E-state index in [0.29, 0.717) is 18.9 Å². The predicted molar refractivity (Wildman–Crippen MR) is 52.6 cm³/mol. The normalized spacial score (nSPS) is 28.0. The molecule has 0 aliphatic heterocycles. The Bertz CT molecular complexity index is 177. The molecule has 2 unspecified atom stereocenters. The highest BCUT2D eigenvalue weighted by Crippen LogP contribution is 2.34. The molecule has 0 radical (unpaired) electrons. The van der Waals surface area contributed by atoms with Gasteiger partial charge in [0.1, 0.15) is 0 Å². The molecule has 1 aliphatic rings. The zero-order valence-corrected chi connectivity index (χ0v) is 9.15. The molecule has 1 rings (SSSR count). The Kier molecular flexibility index (Phi) is 4.90. The van der Waals surface area contributed by atoms with E-state index in [9.17, 15) is 13.2 Å². The predicted octanol–water partition coefficient (Wildman–Crippen LogP) is 3.78. The second kappa shape index (κ2) is 5.73. The third-order valence-corrected chi connectivity index (χ3v) is 3.13. The molecule has 0 aromatic heterocycles. The van der Waals surface area contributed by atoms with Crippen LogP contribution in [0.1, 0.15) is 38.5 Å². The van der Waals surface area contributed by atoms with E-state index in [4.69, 9.17) is 4.74 Å². The van der Waals surface area contributed by atoms with Gasteiger partial charge in [-0.3, -0.25) is 0 Å². The van der Waals surface area contributed by atoms with Gasteiger partial charge in [-0.1, -0.05) is 12.8 Å². The first-order valence-electron chi connectivity index (χ1n) is 5.57. The molecule has 2 atom stereocenters. The van der Waals surface area contributed by atoms with E-state index >= 15 is 0 Å². The lowest BCUT2D eigenvalue weighted by atomic mass is 9.79. The molecular formula is C11H19F3O. The quantitative estimate of drug-likeness (QED) is 0.706. The molecule has 0 aromatic carbocycles. The number of methoxy groups -OCH3 is 1. The lowest BCUT2D eigenvalue weighted by Gasteiger charge is -2.28. The summed E-state index contributed by atoms with van der Waals surface area (Å²) in [6, 6.07) is 0. The van der Waals surface area contributed by atoms with Crippen molar-refractivity contribution in [2.24, 2.45) is 11.8 Å². The summed E-state index contributed by atoms with van der Waals surface area (Å²) in [6.45, 7) is 0.697. The van der Waals surface area contributed by atoms with Crippen LogP contribution in [0.2, 0.25) is 0 Å². The lowest BCUT2D eigenvalue weighted by Crippen LogP contribution is -2.21. The van der Waals surface area contributed by atoms with Crippen LogP contribution in [0.15, 0.2) is 0 Å². The summed E-state index contributed by atoms with van der Waals surface area (Å²) in [4.78, 5) is 0. The Morgan fingerprint density at radius 1 is 1.20 bits per heavy atom. The van der Waals surface area contributed by atoms with Gasteiger partial charge in [0.25, 0.3) is 0 Å². The summed E-state index contributed by atoms with van der Waals surface area (Å²) in [6.07, 6.45) is -0.303. The molecule has 0 amide bonds. The summed E-state index contributed by atoms with van der Waals surface area (Å²) < 4.78 is 41.1. The topological polar surface area (TPSA) is 9.23 Å². The van der Waals surface area contributed by atoms with Crippen molar-refractivity contribution >= 4 is 0 Å². The molecule has 4 heteroatoms. The van der Waals surface area contributed by atoms with Crippen molar-refractivity contribution in [3.63, 3.8) is 0 Å². The Hall–Kier alpha value is -0.250. The molecule has 1 fully saturated rings. The van der Waals surface area contributed by atoms with E-state index in [1.807, 2.05) is 0 Å². The standard InChI is InChI=1S/C11H19F3O/c1-15-8-10-4-2-3-9(7-10)5-6-11(12,13)14/h9-10H,2-8H2,1H3. The van der Waals surface area contributed by atoms with Crippen molar-refractivity contribution in [2.75, 3.05) is 13.7 Å². The molecule has 0 N–H and O–H groups in total. The average Bonchev–Trinajstić information content (AvgIpc) is 2.15. The van der Waals surface area contributed by atoms with Gasteiger partial charge in [-0.05, 0) is 31.1 Å². The van der Waals surface area contributed by atoms with Gasteiger partial charge in [-0.2, -0.15) is 13.2 Å². The fraction of sp³-hybridized carbons (Fsp3) is 1.00. The van der Waals surface area contributed by atoms with Gasteiger partial charge in [-0.15, -0.1) is 0 Å². The van der Waals surface area contributed by atoms with Crippen molar-refractivity contribution in [1.29, 1.82) is 0 Å². The highest BCUT2D eigenvalue weighted by Gasteiger charge is 2.30. The first-order valence-corrected chi connectivity index (χ1v) is 5.57. The largest absolute Gasteiger partial charge is 0.389 e. The van der Waals surface area contributed by atoms with E-state index in [1.165, 1.54) is 0 Å². The average molecular weight is 224 g/mol. The van der Waals surface area contributed by atoms with Crippen molar-refractivity contribution in [3.8, 4) is 0 Å². The molecule has 1 aliphatic carbocycles. The molecule has 1 saturated carbocycles. The van der Waals surface area contributed by atoms with Crippen molar-refractivity contribution < 1.29 is 17.9 Å². The van der Waals surface area contributed by atoms with Gasteiger partial charge in [-0.25, -0.2) is 0 Å². The Morgan fingerprint density at radius 3 is 2.47 bits per heavy atom. The van der Waals surface area contributed by atoms with Crippen LogP contribution >= 0.6 is 0 Å². The number of rotatable bonds is 4. The van der Waals surface area contributed by atoms with Gasteiger partial charge in [0.15, 0.2) is 0 Å². The van der Waals surface area contributed by atoms with Crippen LogP contribution in [0.5, 0.6) is 0 Å². The van der Waals surface area contributed by atoms with Gasteiger partial charge in [0, 0.05) is 20.1 Å². The van der Waals surface area contributed by atoms with Crippen LogP contribution in [0.25, 0.3) is 0 Å². The summed E-state index contributed by atoms with van der Waals surface area (Å²) in [5.41, 5.74) is 0. The van der Waals surface area contributed by atoms with Crippen LogP contribution in [0.4, 0.5) is 13.2 Å². The van der Waals surface area contributed by atoms with E-state index in [-0.39, 0.29) is 5.92 Å².